The summed E-state index contributed by atoms with van der Waals surface area (Å²) in [6, 6.07) is 0.0627. The Bertz CT molecular complexity index is 362. The number of carbonyl (C=O) groups excluding carboxylic acids is 1. The van der Waals surface area contributed by atoms with Crippen molar-refractivity contribution in [1.82, 2.24) is 5.32 Å². The second-order valence-electron chi connectivity index (χ2n) is 6.03. The van der Waals surface area contributed by atoms with E-state index < -0.39 is 17.7 Å². The van der Waals surface area contributed by atoms with E-state index in [-0.39, 0.29) is 17.5 Å². The second kappa shape index (κ2) is 6.08. The molecule has 5 nitrogen and oxygen atoms in total. The summed E-state index contributed by atoms with van der Waals surface area (Å²) in [6.45, 7) is 9.06. The van der Waals surface area contributed by atoms with Crippen molar-refractivity contribution in [2.45, 2.75) is 58.1 Å². The Hall–Kier alpha value is -1.52. The van der Waals surface area contributed by atoms with Crippen molar-refractivity contribution >= 4 is 12.1 Å². The van der Waals surface area contributed by atoms with Gasteiger partial charge in [-0.1, -0.05) is 6.58 Å². The van der Waals surface area contributed by atoms with Gasteiger partial charge in [0.1, 0.15) is 5.60 Å². The van der Waals surface area contributed by atoms with E-state index >= 15 is 0 Å². The SMILES string of the molecule is C=C(C(=O)O)C1CCC(NC(=O)OC(C)(C)C)CC1. The first-order valence-electron chi connectivity index (χ1n) is 6.60. The summed E-state index contributed by atoms with van der Waals surface area (Å²) in [5.74, 6) is -0.905. The van der Waals surface area contributed by atoms with Crippen LogP contribution in [0.4, 0.5) is 4.79 Å². The number of carbonyl (C=O) groups is 2. The molecule has 0 atom stereocenters. The number of alkyl carbamates (subject to hydrolysis) is 1. The van der Waals surface area contributed by atoms with Crippen molar-refractivity contribution in [3.05, 3.63) is 12.2 Å². The number of hydrogen-bond acceptors (Lipinski definition) is 3. The second-order valence-corrected chi connectivity index (χ2v) is 6.03. The van der Waals surface area contributed by atoms with Crippen LogP contribution in [0.1, 0.15) is 46.5 Å². The summed E-state index contributed by atoms with van der Waals surface area (Å²) >= 11 is 0. The van der Waals surface area contributed by atoms with Crippen LogP contribution in [0.3, 0.4) is 0 Å². The predicted molar refractivity (Wildman–Crippen MR) is 71.9 cm³/mol. The lowest BCUT2D eigenvalue weighted by molar-refractivity contribution is -0.133. The summed E-state index contributed by atoms with van der Waals surface area (Å²) in [5, 5.41) is 11.7. The van der Waals surface area contributed by atoms with Gasteiger partial charge in [-0.15, -0.1) is 0 Å². The van der Waals surface area contributed by atoms with E-state index in [4.69, 9.17) is 9.84 Å². The van der Waals surface area contributed by atoms with Crippen LogP contribution in [0, 0.1) is 5.92 Å². The zero-order chi connectivity index (χ0) is 14.6. The Labute approximate surface area is 114 Å². The van der Waals surface area contributed by atoms with Crippen molar-refractivity contribution in [2.24, 2.45) is 5.92 Å². The minimum Gasteiger partial charge on any atom is -0.478 e. The summed E-state index contributed by atoms with van der Waals surface area (Å²) < 4.78 is 5.19. The number of amides is 1. The largest absolute Gasteiger partial charge is 0.478 e. The van der Waals surface area contributed by atoms with Gasteiger partial charge in [0.25, 0.3) is 0 Å². The molecule has 5 heteroatoms. The third-order valence-corrected chi connectivity index (χ3v) is 3.22. The van der Waals surface area contributed by atoms with Crippen LogP contribution in [0.2, 0.25) is 0 Å². The van der Waals surface area contributed by atoms with Crippen LogP contribution in [0.5, 0.6) is 0 Å². The molecular formula is C14H23NO4. The van der Waals surface area contributed by atoms with Gasteiger partial charge in [-0.2, -0.15) is 0 Å². The third-order valence-electron chi connectivity index (χ3n) is 3.22. The van der Waals surface area contributed by atoms with Crippen molar-refractivity contribution in [3.63, 3.8) is 0 Å². The van der Waals surface area contributed by atoms with Gasteiger partial charge in [0.05, 0.1) is 0 Å². The highest BCUT2D eigenvalue weighted by Gasteiger charge is 2.27. The van der Waals surface area contributed by atoms with E-state index in [2.05, 4.69) is 11.9 Å². The average Bonchev–Trinajstić information content (AvgIpc) is 2.26. The summed E-state index contributed by atoms with van der Waals surface area (Å²) in [5.41, 5.74) is -0.227. The molecule has 1 rings (SSSR count). The molecule has 0 aromatic rings. The molecule has 0 bridgehead atoms. The fourth-order valence-electron chi connectivity index (χ4n) is 2.24. The van der Waals surface area contributed by atoms with Crippen molar-refractivity contribution in [2.75, 3.05) is 0 Å². The Balaban J connectivity index is 2.36. The van der Waals surface area contributed by atoms with Gasteiger partial charge < -0.3 is 15.2 Å². The highest BCUT2D eigenvalue weighted by atomic mass is 16.6. The Morgan fingerprint density at radius 3 is 2.16 bits per heavy atom. The molecule has 0 aromatic carbocycles. The van der Waals surface area contributed by atoms with Crippen LogP contribution in [-0.2, 0) is 9.53 Å². The van der Waals surface area contributed by atoms with Crippen LogP contribution < -0.4 is 5.32 Å². The molecule has 1 saturated carbocycles. The number of aliphatic carboxylic acids is 1. The molecule has 0 heterocycles. The normalized spacial score (nSPS) is 23.5. The van der Waals surface area contributed by atoms with Crippen LogP contribution >= 0.6 is 0 Å². The lowest BCUT2D eigenvalue weighted by Gasteiger charge is -2.30. The topological polar surface area (TPSA) is 75.6 Å². The molecule has 0 spiro atoms. The van der Waals surface area contributed by atoms with Gasteiger partial charge in [-0.3, -0.25) is 0 Å². The van der Waals surface area contributed by atoms with Crippen LogP contribution in [0.15, 0.2) is 12.2 Å². The summed E-state index contributed by atoms with van der Waals surface area (Å²) in [6.07, 6.45) is 2.59. The highest BCUT2D eigenvalue weighted by molar-refractivity contribution is 5.86. The van der Waals surface area contributed by atoms with E-state index in [1.54, 1.807) is 0 Å². The van der Waals surface area contributed by atoms with E-state index in [1.807, 2.05) is 20.8 Å². The minimum atomic E-state index is -0.927. The van der Waals surface area contributed by atoms with Gasteiger partial charge in [0, 0.05) is 11.6 Å². The number of carboxylic acids is 1. The molecule has 0 aliphatic heterocycles. The number of hydrogen-bond donors (Lipinski definition) is 2. The number of nitrogens with one attached hydrogen (secondary N) is 1. The molecule has 0 aromatic heterocycles. The maximum atomic E-state index is 11.6. The van der Waals surface area contributed by atoms with Crippen LogP contribution in [-0.4, -0.2) is 28.8 Å². The number of carboxylic acid groups (broad SMARTS) is 1. The van der Waals surface area contributed by atoms with Gasteiger partial charge in [-0.25, -0.2) is 9.59 Å². The molecule has 1 fully saturated rings. The van der Waals surface area contributed by atoms with Gasteiger partial charge in [-0.05, 0) is 52.4 Å². The Kier molecular flexibility index (Phi) is 4.97. The molecule has 1 aliphatic rings. The molecule has 1 aliphatic carbocycles. The first-order chi connectivity index (χ1) is 8.69. The predicted octanol–water partition coefficient (Wildman–Crippen LogP) is 2.71. The molecule has 0 radical (unpaired) electrons. The fraction of sp³-hybridized carbons (Fsp3) is 0.714. The average molecular weight is 269 g/mol. The maximum absolute atomic E-state index is 11.6. The molecule has 0 saturated heterocycles. The smallest absolute Gasteiger partial charge is 0.407 e. The van der Waals surface area contributed by atoms with E-state index in [0.29, 0.717) is 0 Å². The molecule has 2 N–H and O–H groups in total. The molecule has 108 valence electrons. The lowest BCUT2D eigenvalue weighted by atomic mass is 9.82. The van der Waals surface area contributed by atoms with Crippen molar-refractivity contribution in [3.8, 4) is 0 Å². The van der Waals surface area contributed by atoms with Crippen molar-refractivity contribution in [1.29, 1.82) is 0 Å². The monoisotopic (exact) mass is 269 g/mol. The zero-order valence-corrected chi connectivity index (χ0v) is 11.9. The van der Waals surface area contributed by atoms with Crippen LogP contribution in [0.25, 0.3) is 0 Å². The molecule has 0 unspecified atom stereocenters. The maximum Gasteiger partial charge on any atom is 0.407 e. The Morgan fingerprint density at radius 2 is 1.74 bits per heavy atom. The van der Waals surface area contributed by atoms with Gasteiger partial charge in [0.2, 0.25) is 0 Å². The Morgan fingerprint density at radius 1 is 1.21 bits per heavy atom. The standard InChI is InChI=1S/C14H23NO4/c1-9(12(16)17)10-5-7-11(8-6-10)15-13(18)19-14(2,3)4/h10-11H,1,5-8H2,2-4H3,(H,15,18)(H,16,17). The highest BCUT2D eigenvalue weighted by Crippen LogP contribution is 2.29. The first-order valence-corrected chi connectivity index (χ1v) is 6.60. The summed E-state index contributed by atoms with van der Waals surface area (Å²) in [7, 11) is 0. The number of rotatable bonds is 3. The van der Waals surface area contributed by atoms with Gasteiger partial charge in [0.15, 0.2) is 0 Å². The zero-order valence-electron chi connectivity index (χ0n) is 11.9. The van der Waals surface area contributed by atoms with Crippen molar-refractivity contribution < 1.29 is 19.4 Å². The lowest BCUT2D eigenvalue weighted by Crippen LogP contribution is -2.41. The summed E-state index contributed by atoms with van der Waals surface area (Å²) in [4.78, 5) is 22.4. The number of ether oxygens (including phenoxy) is 1. The van der Waals surface area contributed by atoms with E-state index in [0.717, 1.165) is 25.7 Å². The van der Waals surface area contributed by atoms with E-state index in [9.17, 15) is 9.59 Å². The molecular weight excluding hydrogens is 246 g/mol. The first kappa shape index (κ1) is 15.5. The molecule has 19 heavy (non-hydrogen) atoms. The minimum absolute atomic E-state index is 0.0224. The molecule has 1 amide bonds. The fourth-order valence-corrected chi connectivity index (χ4v) is 2.24. The third kappa shape index (κ3) is 5.32. The quantitative estimate of drug-likeness (QED) is 0.772. The van der Waals surface area contributed by atoms with Gasteiger partial charge >= 0.3 is 12.1 Å². The van der Waals surface area contributed by atoms with E-state index in [1.165, 1.54) is 0 Å².